The van der Waals surface area contributed by atoms with E-state index in [1.165, 1.54) is 0 Å². The molecule has 4 heteroatoms. The molecule has 0 aliphatic rings. The fourth-order valence-electron chi connectivity index (χ4n) is 1.46. The van der Waals surface area contributed by atoms with Crippen molar-refractivity contribution in [1.29, 1.82) is 0 Å². The largest absolute Gasteiger partial charge is 0.319 e. The first-order valence-electron chi connectivity index (χ1n) is 5.31. The number of H-pyrrole nitrogens is 1. The fourth-order valence-corrected chi connectivity index (χ4v) is 1.46. The Morgan fingerprint density at radius 2 is 2.07 bits per heavy atom. The van der Waals surface area contributed by atoms with Crippen LogP contribution in [0.1, 0.15) is 44.3 Å². The lowest BCUT2D eigenvalue weighted by molar-refractivity contribution is 0.441. The summed E-state index contributed by atoms with van der Waals surface area (Å²) in [6.07, 6.45) is 1.43. The SMILES string of the molecule is CCc1c(C)nc(C(C)(N)CC)[nH]c1=O. The van der Waals surface area contributed by atoms with Crippen molar-refractivity contribution in [1.82, 2.24) is 9.97 Å². The van der Waals surface area contributed by atoms with Gasteiger partial charge in [0, 0.05) is 11.3 Å². The molecule has 0 amide bonds. The van der Waals surface area contributed by atoms with Gasteiger partial charge >= 0.3 is 0 Å². The lowest BCUT2D eigenvalue weighted by Gasteiger charge is -2.22. The van der Waals surface area contributed by atoms with Crippen LogP contribution in [0.4, 0.5) is 0 Å². The van der Waals surface area contributed by atoms with Crippen LogP contribution < -0.4 is 11.3 Å². The zero-order valence-electron chi connectivity index (χ0n) is 9.85. The van der Waals surface area contributed by atoms with Crippen LogP contribution in [-0.4, -0.2) is 9.97 Å². The van der Waals surface area contributed by atoms with Crippen molar-refractivity contribution in [3.05, 3.63) is 27.4 Å². The van der Waals surface area contributed by atoms with E-state index in [4.69, 9.17) is 5.73 Å². The van der Waals surface area contributed by atoms with Gasteiger partial charge in [-0.25, -0.2) is 4.98 Å². The van der Waals surface area contributed by atoms with Gasteiger partial charge in [0.1, 0.15) is 5.82 Å². The molecular formula is C11H19N3O. The summed E-state index contributed by atoms with van der Waals surface area (Å²) in [5, 5.41) is 0. The minimum Gasteiger partial charge on any atom is -0.319 e. The molecule has 15 heavy (non-hydrogen) atoms. The molecule has 1 heterocycles. The van der Waals surface area contributed by atoms with E-state index in [1.54, 1.807) is 0 Å². The highest BCUT2D eigenvalue weighted by Crippen LogP contribution is 2.16. The van der Waals surface area contributed by atoms with Crippen molar-refractivity contribution >= 4 is 0 Å². The Bertz CT molecular complexity index is 407. The third kappa shape index (κ3) is 2.26. The van der Waals surface area contributed by atoms with Crippen LogP contribution in [0.5, 0.6) is 0 Å². The zero-order valence-corrected chi connectivity index (χ0v) is 9.85. The number of rotatable bonds is 3. The Balaban J connectivity index is 3.32. The third-order valence-electron chi connectivity index (χ3n) is 2.85. The molecule has 0 spiro atoms. The second kappa shape index (κ2) is 4.14. The van der Waals surface area contributed by atoms with Gasteiger partial charge < -0.3 is 10.7 Å². The molecule has 0 saturated carbocycles. The van der Waals surface area contributed by atoms with Crippen molar-refractivity contribution in [2.45, 2.75) is 46.1 Å². The van der Waals surface area contributed by atoms with Crippen LogP contribution in [0.15, 0.2) is 4.79 Å². The van der Waals surface area contributed by atoms with Crippen LogP contribution in [0.3, 0.4) is 0 Å². The molecule has 0 radical (unpaired) electrons. The summed E-state index contributed by atoms with van der Waals surface area (Å²) >= 11 is 0. The van der Waals surface area contributed by atoms with E-state index in [0.717, 1.165) is 17.7 Å². The van der Waals surface area contributed by atoms with Gasteiger partial charge in [0.15, 0.2) is 0 Å². The number of aromatic nitrogens is 2. The van der Waals surface area contributed by atoms with Gasteiger partial charge in [0.2, 0.25) is 0 Å². The number of nitrogens with zero attached hydrogens (tertiary/aromatic N) is 1. The van der Waals surface area contributed by atoms with Crippen LogP contribution >= 0.6 is 0 Å². The van der Waals surface area contributed by atoms with E-state index >= 15 is 0 Å². The molecule has 4 nitrogen and oxygen atoms in total. The van der Waals surface area contributed by atoms with E-state index in [9.17, 15) is 4.79 Å². The molecule has 1 aromatic heterocycles. The molecule has 0 fully saturated rings. The molecule has 0 aliphatic carbocycles. The van der Waals surface area contributed by atoms with E-state index in [1.807, 2.05) is 27.7 Å². The third-order valence-corrected chi connectivity index (χ3v) is 2.85. The van der Waals surface area contributed by atoms with Crippen molar-refractivity contribution in [2.75, 3.05) is 0 Å². The number of hydrogen-bond donors (Lipinski definition) is 2. The first kappa shape index (κ1) is 11.9. The number of nitrogens with two attached hydrogens (primary N) is 1. The monoisotopic (exact) mass is 209 g/mol. The lowest BCUT2D eigenvalue weighted by atomic mass is 9.99. The number of hydrogen-bond acceptors (Lipinski definition) is 3. The van der Waals surface area contributed by atoms with Crippen molar-refractivity contribution in [3.63, 3.8) is 0 Å². The average Bonchev–Trinajstić information content (AvgIpc) is 2.17. The summed E-state index contributed by atoms with van der Waals surface area (Å²) in [6, 6.07) is 0. The van der Waals surface area contributed by atoms with Crippen LogP contribution in [-0.2, 0) is 12.0 Å². The predicted molar refractivity (Wildman–Crippen MR) is 60.8 cm³/mol. The summed E-state index contributed by atoms with van der Waals surface area (Å²) in [6.45, 7) is 7.64. The molecule has 0 aliphatic heterocycles. The first-order chi connectivity index (χ1) is 6.92. The zero-order chi connectivity index (χ0) is 11.6. The molecule has 1 atom stereocenters. The highest BCUT2D eigenvalue weighted by molar-refractivity contribution is 5.18. The maximum atomic E-state index is 11.7. The average molecular weight is 209 g/mol. The molecule has 1 aromatic rings. The molecular weight excluding hydrogens is 190 g/mol. The highest BCUT2D eigenvalue weighted by Gasteiger charge is 2.22. The van der Waals surface area contributed by atoms with Gasteiger partial charge in [-0.2, -0.15) is 0 Å². The molecule has 84 valence electrons. The van der Waals surface area contributed by atoms with E-state index < -0.39 is 5.54 Å². The second-order valence-corrected chi connectivity index (χ2v) is 4.10. The van der Waals surface area contributed by atoms with Crippen LogP contribution in [0.25, 0.3) is 0 Å². The maximum Gasteiger partial charge on any atom is 0.254 e. The summed E-state index contributed by atoms with van der Waals surface area (Å²) in [5.74, 6) is 0.574. The van der Waals surface area contributed by atoms with Gasteiger partial charge in [-0.15, -0.1) is 0 Å². The van der Waals surface area contributed by atoms with Gasteiger partial charge in [0.05, 0.1) is 5.54 Å². The molecule has 0 aromatic carbocycles. The summed E-state index contributed by atoms with van der Waals surface area (Å²) < 4.78 is 0. The molecule has 0 bridgehead atoms. The summed E-state index contributed by atoms with van der Waals surface area (Å²) in [5.41, 5.74) is 6.93. The predicted octanol–water partition coefficient (Wildman–Crippen LogP) is 1.22. The standard InChI is InChI=1S/C11H19N3O/c1-5-8-7(3)13-10(14-9(8)15)11(4,12)6-2/h5-6,12H2,1-4H3,(H,13,14,15). The number of nitrogens with one attached hydrogen (secondary N) is 1. The molecule has 1 unspecified atom stereocenters. The minimum absolute atomic E-state index is 0.0647. The maximum absolute atomic E-state index is 11.7. The fraction of sp³-hybridized carbons (Fsp3) is 0.636. The van der Waals surface area contributed by atoms with Crippen LogP contribution in [0, 0.1) is 6.92 Å². The Labute approximate surface area is 89.9 Å². The van der Waals surface area contributed by atoms with E-state index in [2.05, 4.69) is 9.97 Å². The van der Waals surface area contributed by atoms with Gasteiger partial charge in [-0.05, 0) is 26.7 Å². The quantitative estimate of drug-likeness (QED) is 0.786. The number of aryl methyl sites for hydroxylation is 1. The first-order valence-corrected chi connectivity index (χ1v) is 5.31. The van der Waals surface area contributed by atoms with Crippen LogP contribution in [0.2, 0.25) is 0 Å². The van der Waals surface area contributed by atoms with Gasteiger partial charge in [-0.3, -0.25) is 4.79 Å². The van der Waals surface area contributed by atoms with E-state index in [-0.39, 0.29) is 5.56 Å². The molecule has 3 N–H and O–H groups in total. The summed E-state index contributed by atoms with van der Waals surface area (Å²) in [7, 11) is 0. The normalized spacial score (nSPS) is 15.0. The Hall–Kier alpha value is -1.16. The summed E-state index contributed by atoms with van der Waals surface area (Å²) in [4.78, 5) is 18.8. The Morgan fingerprint density at radius 1 is 1.47 bits per heavy atom. The molecule has 0 saturated heterocycles. The Morgan fingerprint density at radius 3 is 2.47 bits per heavy atom. The van der Waals surface area contributed by atoms with Crippen molar-refractivity contribution < 1.29 is 0 Å². The lowest BCUT2D eigenvalue weighted by Crippen LogP contribution is -2.37. The van der Waals surface area contributed by atoms with E-state index in [0.29, 0.717) is 12.2 Å². The number of aromatic amines is 1. The van der Waals surface area contributed by atoms with Gasteiger partial charge in [0.25, 0.3) is 5.56 Å². The minimum atomic E-state index is -0.559. The highest BCUT2D eigenvalue weighted by atomic mass is 16.1. The topological polar surface area (TPSA) is 71.8 Å². The van der Waals surface area contributed by atoms with Gasteiger partial charge in [-0.1, -0.05) is 13.8 Å². The van der Waals surface area contributed by atoms with Crippen molar-refractivity contribution in [2.24, 2.45) is 5.73 Å². The smallest absolute Gasteiger partial charge is 0.254 e. The molecule has 1 rings (SSSR count). The van der Waals surface area contributed by atoms with Crippen molar-refractivity contribution in [3.8, 4) is 0 Å². The second-order valence-electron chi connectivity index (χ2n) is 4.10. The Kier molecular flexibility index (Phi) is 3.29.